The van der Waals surface area contributed by atoms with Crippen molar-refractivity contribution in [3.8, 4) is 23.5 Å². The lowest BCUT2D eigenvalue weighted by atomic mass is 9.86. The van der Waals surface area contributed by atoms with E-state index in [1.165, 1.54) is 31.4 Å². The van der Waals surface area contributed by atoms with Crippen LogP contribution in [0.25, 0.3) is 0 Å². The molecule has 1 aliphatic heterocycles. The van der Waals surface area contributed by atoms with Gasteiger partial charge in [-0.1, -0.05) is 19.9 Å². The van der Waals surface area contributed by atoms with Crippen molar-refractivity contribution in [3.05, 3.63) is 46.7 Å². The molecule has 1 aromatic carbocycles. The number of amides is 2. The molecule has 2 aromatic heterocycles. The second-order valence-electron chi connectivity index (χ2n) is 18.9. The number of carbonyl (C=O) groups is 5. The van der Waals surface area contributed by atoms with Crippen LogP contribution < -0.4 is 30.2 Å². The van der Waals surface area contributed by atoms with Crippen molar-refractivity contribution in [2.75, 3.05) is 183 Å². The minimum absolute atomic E-state index is 0.00592. The van der Waals surface area contributed by atoms with Crippen LogP contribution in [0, 0.1) is 6.92 Å². The van der Waals surface area contributed by atoms with Crippen molar-refractivity contribution in [1.29, 1.82) is 0 Å². The first-order valence-corrected chi connectivity index (χ1v) is 25.7. The van der Waals surface area contributed by atoms with Gasteiger partial charge in [-0.15, -0.1) is 0 Å². The van der Waals surface area contributed by atoms with Gasteiger partial charge in [-0.2, -0.15) is 9.97 Å². The zero-order valence-corrected chi connectivity index (χ0v) is 44.9. The van der Waals surface area contributed by atoms with E-state index in [2.05, 4.69) is 51.9 Å². The summed E-state index contributed by atoms with van der Waals surface area (Å²) in [6, 6.07) is 7.32. The van der Waals surface area contributed by atoms with Crippen LogP contribution in [-0.4, -0.2) is 247 Å². The number of anilines is 2. The Bertz CT molecular complexity index is 2300. The van der Waals surface area contributed by atoms with E-state index in [1.54, 1.807) is 20.8 Å². The first-order chi connectivity index (χ1) is 37.0. The van der Waals surface area contributed by atoms with E-state index in [4.69, 9.17) is 42.3 Å². The third-order valence-corrected chi connectivity index (χ3v) is 12.6. The molecular formula is C51H77N9O17. The van der Waals surface area contributed by atoms with E-state index in [-0.39, 0.29) is 98.8 Å². The highest BCUT2D eigenvalue weighted by Crippen LogP contribution is 2.42. The van der Waals surface area contributed by atoms with E-state index in [1.807, 2.05) is 11.8 Å². The molecule has 0 unspecified atom stereocenters. The Morgan fingerprint density at radius 3 is 1.56 bits per heavy atom. The molecule has 77 heavy (non-hydrogen) atoms. The number of carbonyl (C=O) groups excluding carboxylic acids is 2. The predicted octanol–water partition coefficient (Wildman–Crippen LogP) is 1.75. The number of carboxylic acid groups (broad SMARTS) is 3. The molecule has 0 atom stereocenters. The minimum atomic E-state index is -1.03. The Hall–Kier alpha value is -6.23. The maximum absolute atomic E-state index is 13.3. The number of aryl methyl sites for hydroxylation is 2. The zero-order valence-electron chi connectivity index (χ0n) is 44.9. The average molecular weight is 1090 g/mol. The Kier molecular flexibility index (Phi) is 26.0. The van der Waals surface area contributed by atoms with E-state index >= 15 is 0 Å². The summed E-state index contributed by atoms with van der Waals surface area (Å²) in [5, 5.41) is 36.8. The molecule has 6 N–H and O–H groups in total. The molecule has 26 heteroatoms. The third kappa shape index (κ3) is 22.0. The van der Waals surface area contributed by atoms with Crippen LogP contribution in [0.15, 0.2) is 28.7 Å². The second-order valence-corrected chi connectivity index (χ2v) is 18.9. The molecule has 428 valence electrons. The zero-order chi connectivity index (χ0) is 55.6. The summed E-state index contributed by atoms with van der Waals surface area (Å²) in [7, 11) is 2.83. The van der Waals surface area contributed by atoms with Gasteiger partial charge in [0.25, 0.3) is 11.9 Å². The summed E-state index contributed by atoms with van der Waals surface area (Å²) in [6.07, 6.45) is 2.11. The van der Waals surface area contributed by atoms with Crippen LogP contribution in [0.2, 0.25) is 0 Å². The number of aliphatic carboxylic acids is 3. The number of benzene rings is 1. The molecule has 1 fully saturated rings. The maximum atomic E-state index is 13.3. The number of nitrogens with one attached hydrogen (secondary N) is 3. The highest BCUT2D eigenvalue weighted by Gasteiger charge is 2.31. The molecular weight excluding hydrogens is 1010 g/mol. The van der Waals surface area contributed by atoms with Crippen LogP contribution in [0.1, 0.15) is 47.5 Å². The van der Waals surface area contributed by atoms with Crippen molar-refractivity contribution in [2.24, 2.45) is 0 Å². The van der Waals surface area contributed by atoms with Crippen LogP contribution in [-0.2, 0) is 54.7 Å². The molecule has 0 bridgehead atoms. The molecule has 3 aromatic rings. The van der Waals surface area contributed by atoms with Gasteiger partial charge in [0.05, 0.1) is 106 Å². The number of aromatic nitrogens is 2. The summed E-state index contributed by atoms with van der Waals surface area (Å²) < 4.78 is 50.7. The van der Waals surface area contributed by atoms with Crippen LogP contribution >= 0.6 is 0 Å². The van der Waals surface area contributed by atoms with Gasteiger partial charge in [0.1, 0.15) is 5.75 Å². The van der Waals surface area contributed by atoms with Crippen molar-refractivity contribution < 1.29 is 81.6 Å². The molecule has 1 aliphatic carbocycles. The van der Waals surface area contributed by atoms with Gasteiger partial charge in [0, 0.05) is 71.5 Å². The van der Waals surface area contributed by atoms with Gasteiger partial charge in [-0.25, -0.2) is 0 Å². The summed E-state index contributed by atoms with van der Waals surface area (Å²) in [5.41, 5.74) is 3.74. The van der Waals surface area contributed by atoms with Gasteiger partial charge < -0.3 is 73.6 Å². The molecule has 26 nitrogen and oxygen atoms in total. The van der Waals surface area contributed by atoms with Gasteiger partial charge >= 0.3 is 17.9 Å². The standard InChI is InChI=1S/C51H77N9O17/c1-36-30-37-8-9-51(2,3)38(37)31-40(36)77-45-7-6-39(76-45)47(68)54-46-48(69-4)55-50(56-49(46)70-5)53-11-21-72-23-25-74-27-29-75-28-26-73-24-22-71-20-10-52-41(61)32-57-12-14-58(33-42(62)63)16-18-60(35-44(66)67)19-17-59(15-13-57)34-43(64)65/h6-7,30-31H,8-29,32-35H2,1-5H3,(H,52,61)(H,54,68)(H,62,63)(H,64,65)(H,66,67)(H,53,55,56). The van der Waals surface area contributed by atoms with E-state index < -0.39 is 23.8 Å². The summed E-state index contributed by atoms with van der Waals surface area (Å²) in [4.78, 5) is 76.3. The van der Waals surface area contributed by atoms with Crippen LogP contribution in [0.5, 0.6) is 23.5 Å². The van der Waals surface area contributed by atoms with Crippen LogP contribution in [0.4, 0.5) is 11.6 Å². The predicted molar refractivity (Wildman–Crippen MR) is 279 cm³/mol. The summed E-state index contributed by atoms with van der Waals surface area (Å²) >= 11 is 0. The molecule has 5 rings (SSSR count). The fourth-order valence-corrected chi connectivity index (χ4v) is 8.48. The molecule has 0 spiro atoms. The van der Waals surface area contributed by atoms with Gasteiger partial charge in [-0.05, 0) is 54.0 Å². The molecule has 2 aliphatic rings. The molecule has 3 heterocycles. The number of fused-ring (bicyclic) bond motifs is 1. The highest BCUT2D eigenvalue weighted by molar-refractivity contribution is 6.03. The Morgan fingerprint density at radius 1 is 0.636 bits per heavy atom. The van der Waals surface area contributed by atoms with E-state index in [0.717, 1.165) is 18.4 Å². The van der Waals surface area contributed by atoms with E-state index in [0.29, 0.717) is 111 Å². The summed E-state index contributed by atoms with van der Waals surface area (Å²) in [6.45, 7) is 12.2. The summed E-state index contributed by atoms with van der Waals surface area (Å²) in [5.74, 6) is -2.72. The topological polar surface area (TPSA) is 308 Å². The van der Waals surface area contributed by atoms with Gasteiger partial charge in [0.15, 0.2) is 11.4 Å². The number of ether oxygens (including phenoxy) is 8. The van der Waals surface area contributed by atoms with Crippen molar-refractivity contribution in [2.45, 2.75) is 39.0 Å². The monoisotopic (exact) mass is 1090 g/mol. The second kappa shape index (κ2) is 32.5. The third-order valence-electron chi connectivity index (χ3n) is 12.6. The Balaban J connectivity index is 0.871. The quantitative estimate of drug-likeness (QED) is 0.0473. The Labute approximate surface area is 448 Å². The lowest BCUT2D eigenvalue weighted by molar-refractivity contribution is -0.140. The first-order valence-electron chi connectivity index (χ1n) is 25.7. The average Bonchev–Trinajstić information content (AvgIpc) is 3.99. The minimum Gasteiger partial charge on any atom is -0.480 e. The fraction of sp³-hybridized carbons (Fsp3) is 0.627. The number of carboxylic acids is 3. The Morgan fingerprint density at radius 2 is 1.09 bits per heavy atom. The SMILES string of the molecule is COc1nc(NCCOCCOCCOCCOCCOCCNC(=O)CN2CCN(CC(=O)O)CCN(CC(=O)O)CCN(CC(=O)O)CC2)nc(OC)c1NC(=O)c1ccc(Oc2cc3c(cc2C)CCC3(C)C)o1. The molecule has 0 radical (unpaired) electrons. The number of hydrogen-bond acceptors (Lipinski definition) is 21. The van der Waals surface area contributed by atoms with Crippen molar-refractivity contribution in [3.63, 3.8) is 0 Å². The number of furan rings is 1. The molecule has 0 saturated carbocycles. The first kappa shape index (κ1) is 61.6. The van der Waals surface area contributed by atoms with Gasteiger partial charge in [-0.3, -0.25) is 43.6 Å². The number of rotatable bonds is 33. The number of methoxy groups -OCH3 is 2. The largest absolute Gasteiger partial charge is 0.480 e. The lowest BCUT2D eigenvalue weighted by Crippen LogP contribution is -2.50. The van der Waals surface area contributed by atoms with Gasteiger partial charge in [0.2, 0.25) is 23.6 Å². The normalized spacial score (nSPS) is 15.7. The smallest absolute Gasteiger partial charge is 0.317 e. The molecule has 1 saturated heterocycles. The van der Waals surface area contributed by atoms with E-state index in [9.17, 15) is 39.3 Å². The lowest BCUT2D eigenvalue weighted by Gasteiger charge is -2.32. The fourth-order valence-electron chi connectivity index (χ4n) is 8.48. The maximum Gasteiger partial charge on any atom is 0.317 e. The molecule has 2 amide bonds. The highest BCUT2D eigenvalue weighted by atomic mass is 16.6. The number of nitrogens with zero attached hydrogens (tertiary/aromatic N) is 6. The van der Waals surface area contributed by atoms with Crippen molar-refractivity contribution in [1.82, 2.24) is 34.9 Å². The number of hydrogen-bond donors (Lipinski definition) is 6. The van der Waals surface area contributed by atoms with Crippen LogP contribution in [0.3, 0.4) is 0 Å². The van der Waals surface area contributed by atoms with Crippen molar-refractivity contribution >= 4 is 41.4 Å².